The Balaban J connectivity index is 1.63. The van der Waals surface area contributed by atoms with Crippen LogP contribution in [0.3, 0.4) is 0 Å². The van der Waals surface area contributed by atoms with Crippen molar-refractivity contribution in [1.29, 1.82) is 0 Å². The van der Waals surface area contributed by atoms with Gasteiger partial charge in [0.25, 0.3) is 11.6 Å². The summed E-state index contributed by atoms with van der Waals surface area (Å²) in [6, 6.07) is 10.5. The fourth-order valence-corrected chi connectivity index (χ4v) is 6.54. The standard InChI is InChI=1S/C23H22N4O6S2/c1-3-12-26-20-11-6-17(27(29)30)14-21(20)34-23(26)24-22(28)16-5-4-13-25(15-16)35(31,32)19-9-7-18(33-2)8-10-19/h1,6-11,14,16H,4-5,12-13,15H2,2H3. The first-order valence-corrected chi connectivity index (χ1v) is 12.9. The van der Waals surface area contributed by atoms with Gasteiger partial charge in [0.05, 0.1) is 39.6 Å². The molecule has 0 radical (unpaired) electrons. The molecule has 2 aromatic carbocycles. The van der Waals surface area contributed by atoms with E-state index in [1.165, 1.54) is 35.7 Å². The van der Waals surface area contributed by atoms with Crippen LogP contribution in [0.5, 0.6) is 5.75 Å². The molecule has 1 amide bonds. The number of rotatable bonds is 6. The van der Waals surface area contributed by atoms with Crippen LogP contribution in [0.2, 0.25) is 0 Å². The van der Waals surface area contributed by atoms with Gasteiger partial charge in [-0.15, -0.1) is 6.42 Å². The number of nitro benzene ring substituents is 1. The summed E-state index contributed by atoms with van der Waals surface area (Å²) in [6.45, 7) is 0.455. The third-order valence-electron chi connectivity index (χ3n) is 5.76. The molecule has 182 valence electrons. The fourth-order valence-electron chi connectivity index (χ4n) is 3.95. The number of terminal acetylenes is 1. The van der Waals surface area contributed by atoms with E-state index < -0.39 is 26.8 Å². The first-order valence-electron chi connectivity index (χ1n) is 10.7. The van der Waals surface area contributed by atoms with Crippen LogP contribution < -0.4 is 9.54 Å². The second kappa shape index (κ2) is 9.99. The van der Waals surface area contributed by atoms with Gasteiger partial charge in [-0.1, -0.05) is 17.3 Å². The van der Waals surface area contributed by atoms with E-state index in [9.17, 15) is 23.3 Å². The summed E-state index contributed by atoms with van der Waals surface area (Å²) in [6.07, 6.45) is 6.51. The van der Waals surface area contributed by atoms with Crippen LogP contribution in [0.15, 0.2) is 52.4 Å². The number of amides is 1. The number of carbonyl (C=O) groups is 1. The summed E-state index contributed by atoms with van der Waals surface area (Å²) in [7, 11) is -2.29. The first kappa shape index (κ1) is 24.6. The molecule has 12 heteroatoms. The average Bonchev–Trinajstić information content (AvgIpc) is 3.20. The molecule has 0 aliphatic carbocycles. The van der Waals surface area contributed by atoms with Crippen LogP contribution in [0, 0.1) is 28.4 Å². The first-order chi connectivity index (χ1) is 16.7. The van der Waals surface area contributed by atoms with Gasteiger partial charge in [-0.05, 0) is 43.2 Å². The summed E-state index contributed by atoms with van der Waals surface area (Å²) in [5.41, 5.74) is 0.564. The molecule has 1 aromatic heterocycles. The highest BCUT2D eigenvalue weighted by Gasteiger charge is 2.33. The Morgan fingerprint density at radius 1 is 1.31 bits per heavy atom. The summed E-state index contributed by atoms with van der Waals surface area (Å²) >= 11 is 1.13. The van der Waals surface area contributed by atoms with Crippen LogP contribution in [-0.4, -0.2) is 48.3 Å². The van der Waals surface area contributed by atoms with Gasteiger partial charge in [0.2, 0.25) is 10.0 Å². The predicted octanol–water partition coefficient (Wildman–Crippen LogP) is 2.78. The molecular weight excluding hydrogens is 492 g/mol. The Morgan fingerprint density at radius 2 is 2.06 bits per heavy atom. The minimum Gasteiger partial charge on any atom is -0.497 e. The van der Waals surface area contributed by atoms with Crippen molar-refractivity contribution >= 4 is 43.2 Å². The zero-order valence-corrected chi connectivity index (χ0v) is 20.4. The number of methoxy groups -OCH3 is 1. The molecule has 10 nitrogen and oxygen atoms in total. The molecular formula is C23H22N4O6S2. The van der Waals surface area contributed by atoms with Gasteiger partial charge in [-0.3, -0.25) is 14.9 Å². The van der Waals surface area contributed by atoms with Crippen LogP contribution in [-0.2, 0) is 21.4 Å². The summed E-state index contributed by atoms with van der Waals surface area (Å²) < 4.78 is 34.9. The lowest BCUT2D eigenvalue weighted by atomic mass is 9.99. The van der Waals surface area contributed by atoms with E-state index in [1.54, 1.807) is 22.8 Å². The van der Waals surface area contributed by atoms with E-state index in [1.807, 2.05) is 0 Å². The number of sulfonamides is 1. The highest BCUT2D eigenvalue weighted by molar-refractivity contribution is 7.89. The monoisotopic (exact) mass is 514 g/mol. The van der Waals surface area contributed by atoms with Gasteiger partial charge < -0.3 is 9.30 Å². The Hall–Kier alpha value is -3.53. The maximum Gasteiger partial charge on any atom is 0.270 e. The van der Waals surface area contributed by atoms with E-state index in [0.29, 0.717) is 40.2 Å². The number of carbonyl (C=O) groups excluding carboxylic acids is 1. The number of nitrogens with zero attached hydrogens (tertiary/aromatic N) is 4. The summed E-state index contributed by atoms with van der Waals surface area (Å²) in [5.74, 6) is 1.99. The molecule has 0 saturated carbocycles. The molecule has 2 heterocycles. The largest absolute Gasteiger partial charge is 0.497 e. The SMILES string of the molecule is C#CCn1c(=NC(=O)C2CCCN(S(=O)(=O)c3ccc(OC)cc3)C2)sc2cc([N+](=O)[O-])ccc21. The van der Waals surface area contributed by atoms with Gasteiger partial charge in [0, 0.05) is 25.2 Å². The van der Waals surface area contributed by atoms with E-state index in [0.717, 1.165) is 11.3 Å². The van der Waals surface area contributed by atoms with E-state index >= 15 is 0 Å². The van der Waals surface area contributed by atoms with Crippen molar-refractivity contribution in [3.8, 4) is 18.1 Å². The number of thiazole rings is 1. The Morgan fingerprint density at radius 3 is 2.71 bits per heavy atom. The van der Waals surface area contributed by atoms with Gasteiger partial charge in [0.15, 0.2) is 4.80 Å². The number of nitro groups is 1. The van der Waals surface area contributed by atoms with Gasteiger partial charge >= 0.3 is 0 Å². The van der Waals surface area contributed by atoms with Crippen LogP contribution in [0.1, 0.15) is 12.8 Å². The zero-order valence-electron chi connectivity index (χ0n) is 18.8. The summed E-state index contributed by atoms with van der Waals surface area (Å²) in [4.78, 5) is 28.4. The third kappa shape index (κ3) is 4.97. The summed E-state index contributed by atoms with van der Waals surface area (Å²) in [5, 5.41) is 11.1. The molecule has 1 saturated heterocycles. The Bertz CT molecular complexity index is 1500. The highest BCUT2D eigenvalue weighted by Crippen LogP contribution is 2.27. The van der Waals surface area contributed by atoms with Gasteiger partial charge in [-0.2, -0.15) is 9.30 Å². The van der Waals surface area contributed by atoms with Crippen molar-refractivity contribution in [1.82, 2.24) is 8.87 Å². The fraction of sp³-hybridized carbons (Fsp3) is 0.304. The zero-order chi connectivity index (χ0) is 25.2. The van der Waals surface area contributed by atoms with Gasteiger partial charge in [0.1, 0.15) is 5.75 Å². The predicted molar refractivity (Wildman–Crippen MR) is 130 cm³/mol. The van der Waals surface area contributed by atoms with Crippen LogP contribution in [0.4, 0.5) is 5.69 Å². The molecule has 35 heavy (non-hydrogen) atoms. The average molecular weight is 515 g/mol. The minimum atomic E-state index is -3.79. The second-order valence-corrected chi connectivity index (χ2v) is 10.9. The maximum atomic E-state index is 13.1. The second-order valence-electron chi connectivity index (χ2n) is 7.91. The number of hydrogen-bond acceptors (Lipinski definition) is 7. The Kier molecular flexibility index (Phi) is 7.02. The molecule has 0 bridgehead atoms. The van der Waals surface area contributed by atoms with Crippen molar-refractivity contribution in [2.75, 3.05) is 20.2 Å². The molecule has 0 N–H and O–H groups in total. The number of ether oxygens (including phenoxy) is 1. The van der Waals surface area contributed by atoms with E-state index in [4.69, 9.17) is 11.2 Å². The number of hydrogen-bond donors (Lipinski definition) is 0. The van der Waals surface area contributed by atoms with Crippen molar-refractivity contribution in [3.05, 3.63) is 57.4 Å². The molecule has 1 fully saturated rings. The molecule has 4 rings (SSSR count). The highest BCUT2D eigenvalue weighted by atomic mass is 32.2. The number of non-ortho nitro benzene ring substituents is 1. The third-order valence-corrected chi connectivity index (χ3v) is 8.68. The van der Waals surface area contributed by atoms with E-state index in [2.05, 4.69) is 10.9 Å². The number of piperidine rings is 1. The van der Waals surface area contributed by atoms with Crippen molar-refractivity contribution in [3.63, 3.8) is 0 Å². The van der Waals surface area contributed by atoms with Crippen LogP contribution in [0.25, 0.3) is 10.2 Å². The lowest BCUT2D eigenvalue weighted by Crippen LogP contribution is -2.42. The molecule has 0 spiro atoms. The normalized spacial score (nSPS) is 17.3. The molecule has 3 aromatic rings. The molecule has 1 atom stereocenters. The topological polar surface area (TPSA) is 124 Å². The molecule has 1 aliphatic rings. The maximum absolute atomic E-state index is 13.1. The minimum absolute atomic E-state index is 0.0161. The lowest BCUT2D eigenvalue weighted by molar-refractivity contribution is -0.384. The Labute approximate surface area is 205 Å². The quantitative estimate of drug-likeness (QED) is 0.283. The number of aromatic nitrogens is 1. The molecule has 1 unspecified atom stereocenters. The van der Waals surface area contributed by atoms with Crippen molar-refractivity contribution in [2.24, 2.45) is 10.9 Å². The van der Waals surface area contributed by atoms with Gasteiger partial charge in [-0.25, -0.2) is 8.42 Å². The smallest absolute Gasteiger partial charge is 0.270 e. The number of benzene rings is 2. The molecule has 1 aliphatic heterocycles. The van der Waals surface area contributed by atoms with Crippen molar-refractivity contribution < 1.29 is 22.9 Å². The number of fused-ring (bicyclic) bond motifs is 1. The van der Waals surface area contributed by atoms with E-state index in [-0.39, 0.29) is 23.7 Å². The lowest BCUT2D eigenvalue weighted by Gasteiger charge is -2.30. The van der Waals surface area contributed by atoms with Crippen LogP contribution >= 0.6 is 11.3 Å². The van der Waals surface area contributed by atoms with Crippen molar-refractivity contribution in [2.45, 2.75) is 24.3 Å².